The number of benzene rings is 2. The van der Waals surface area contributed by atoms with E-state index >= 15 is 0 Å². The number of aromatic carboxylic acids is 1. The largest absolute Gasteiger partial charge is 0.495 e. The van der Waals surface area contributed by atoms with Gasteiger partial charge in [-0.1, -0.05) is 29.3 Å². The van der Waals surface area contributed by atoms with Gasteiger partial charge in [-0.15, -0.1) is 0 Å². The molecule has 1 atom stereocenters. The molecule has 1 heterocycles. The molecular weight excluding hydrogens is 554 g/mol. The fraction of sp³-hybridized carbons (Fsp3) is 0.0952. The Hall–Kier alpha value is -2.85. The molecule has 3 aromatic rings. The van der Waals surface area contributed by atoms with Gasteiger partial charge in [0.25, 0.3) is 0 Å². The normalized spacial score (nSPS) is 12.1. The Bertz CT molecular complexity index is 1240. The molecule has 3 rings (SSSR count). The number of hydrogen-bond donors (Lipinski definition) is 4. The van der Waals surface area contributed by atoms with Crippen molar-refractivity contribution in [3.63, 3.8) is 0 Å². The number of methoxy groups -OCH3 is 1. The van der Waals surface area contributed by atoms with Crippen LogP contribution in [0.3, 0.4) is 0 Å². The van der Waals surface area contributed by atoms with Crippen LogP contribution < -0.4 is 14.4 Å². The topological polar surface area (TPSA) is 155 Å². The summed E-state index contributed by atoms with van der Waals surface area (Å²) in [6.07, 6.45) is 0. The van der Waals surface area contributed by atoms with Crippen molar-refractivity contribution < 1.29 is 36.4 Å². The number of hydrogen-bond acceptors (Lipinski definition) is 7. The second-order valence-electron chi connectivity index (χ2n) is 6.51. The van der Waals surface area contributed by atoms with E-state index in [1.165, 1.54) is 44.4 Å². The van der Waals surface area contributed by atoms with Gasteiger partial charge in [-0.2, -0.15) is 0 Å². The van der Waals surface area contributed by atoms with Gasteiger partial charge in [0.05, 0.1) is 22.8 Å². The number of pyridine rings is 1. The first-order valence-corrected chi connectivity index (χ1v) is 13.3. The number of nitrogens with one attached hydrogen (secondary N) is 1. The molecule has 1 amide bonds. The molecule has 0 saturated heterocycles. The minimum absolute atomic E-state index is 0.00438. The zero-order valence-corrected chi connectivity index (χ0v) is 21.1. The minimum Gasteiger partial charge on any atom is -0.495 e. The number of amides is 1. The number of nitrogens with zero attached hydrogens (tertiary/aromatic N) is 1. The summed E-state index contributed by atoms with van der Waals surface area (Å²) >= 11 is 6.94. The van der Waals surface area contributed by atoms with Crippen molar-refractivity contribution in [2.75, 3.05) is 12.4 Å². The SMILES string of the molecule is CC(=O)Nc1ccc([As](=O)(O)OO)cc1.COc1cc(-c2ccc(Cl)c(C(=O)O)n2)ccc1Cl. The Kier molecular flexibility index (Phi) is 9.69. The number of halogens is 2. The molecule has 0 saturated carbocycles. The van der Waals surface area contributed by atoms with Gasteiger partial charge in [-0.3, -0.25) is 0 Å². The van der Waals surface area contributed by atoms with Crippen molar-refractivity contribution in [1.29, 1.82) is 0 Å². The van der Waals surface area contributed by atoms with E-state index in [0.717, 1.165) is 0 Å². The molecule has 0 aliphatic heterocycles. The number of ether oxygens (including phenoxy) is 1. The van der Waals surface area contributed by atoms with Gasteiger partial charge in [0, 0.05) is 5.56 Å². The minimum atomic E-state index is -4.76. The molecule has 0 bridgehead atoms. The van der Waals surface area contributed by atoms with Crippen LogP contribution in [0.2, 0.25) is 10.0 Å². The summed E-state index contributed by atoms with van der Waals surface area (Å²) < 4.78 is 28.9. The predicted molar refractivity (Wildman–Crippen MR) is 126 cm³/mol. The van der Waals surface area contributed by atoms with Crippen LogP contribution in [0.5, 0.6) is 5.75 Å². The molecule has 4 N–H and O–H groups in total. The van der Waals surface area contributed by atoms with Gasteiger partial charge in [-0.05, 0) is 24.3 Å². The number of aromatic nitrogens is 1. The van der Waals surface area contributed by atoms with Crippen LogP contribution in [0.25, 0.3) is 11.3 Å². The third kappa shape index (κ3) is 7.33. The average molecular weight is 573 g/mol. The van der Waals surface area contributed by atoms with Gasteiger partial charge in [0.1, 0.15) is 5.75 Å². The summed E-state index contributed by atoms with van der Waals surface area (Å²) in [5.41, 5.74) is 1.49. The molecule has 1 aromatic heterocycles. The van der Waals surface area contributed by atoms with E-state index < -0.39 is 20.1 Å². The standard InChI is InChI=1S/C13H9Cl2NO3.C8H10AsNO5/c1-19-11-6-7(2-3-8(11)14)10-5-4-9(15)12(16-10)13(17)18;1-6(11)10-8-4-2-7(3-5-8)9(12,13)15-14/h2-6H,1H3,(H,17,18);2-5,14H,1H3,(H,10,11)(H,12,13). The Morgan fingerprint density at radius 1 is 1.03 bits per heavy atom. The zero-order valence-electron chi connectivity index (χ0n) is 17.7. The Morgan fingerprint density at radius 2 is 1.65 bits per heavy atom. The molecule has 0 radical (unpaired) electrons. The fourth-order valence-corrected chi connectivity index (χ4v) is 4.24. The number of carboxylic acids is 1. The molecule has 2 aromatic carbocycles. The molecule has 180 valence electrons. The first kappa shape index (κ1) is 27.4. The smallest absolute Gasteiger partial charge is 0.356 e. The van der Waals surface area contributed by atoms with Crippen LogP contribution in [-0.4, -0.2) is 52.6 Å². The number of rotatable bonds is 6. The number of carboxylic acid groups (broad SMARTS) is 1. The van der Waals surface area contributed by atoms with Crippen molar-refractivity contribution in [1.82, 2.24) is 4.98 Å². The zero-order chi connectivity index (χ0) is 25.5. The predicted octanol–water partition coefficient (Wildman–Crippen LogP) is 3.47. The summed E-state index contributed by atoms with van der Waals surface area (Å²) in [4.78, 5) is 25.7. The first-order valence-electron chi connectivity index (χ1n) is 9.26. The summed E-state index contributed by atoms with van der Waals surface area (Å²) in [6.45, 7) is 1.35. The van der Waals surface area contributed by atoms with E-state index in [0.29, 0.717) is 27.7 Å². The molecule has 13 heteroatoms. The molecule has 1 unspecified atom stereocenters. The van der Waals surface area contributed by atoms with Gasteiger partial charge in [0.15, 0.2) is 5.69 Å². The fourth-order valence-electron chi connectivity index (χ4n) is 2.56. The van der Waals surface area contributed by atoms with E-state index in [2.05, 4.69) is 14.2 Å². The van der Waals surface area contributed by atoms with Crippen LogP contribution in [-0.2, 0) is 12.4 Å². The van der Waals surface area contributed by atoms with Crippen molar-refractivity contribution in [3.8, 4) is 17.0 Å². The van der Waals surface area contributed by atoms with Crippen LogP contribution in [0.4, 0.5) is 5.69 Å². The van der Waals surface area contributed by atoms with Gasteiger partial charge in [-0.25, -0.2) is 9.78 Å². The molecule has 0 spiro atoms. The van der Waals surface area contributed by atoms with Gasteiger partial charge >= 0.3 is 94.4 Å². The third-order valence-corrected chi connectivity index (χ3v) is 7.20. The number of anilines is 1. The second-order valence-corrected chi connectivity index (χ2v) is 10.9. The van der Waals surface area contributed by atoms with Crippen molar-refractivity contribution in [2.45, 2.75) is 6.92 Å². The Balaban J connectivity index is 0.000000248. The first-order chi connectivity index (χ1) is 16.0. The van der Waals surface area contributed by atoms with Crippen molar-refractivity contribution >= 4 is 59.3 Å². The molecule has 10 nitrogen and oxygen atoms in total. The van der Waals surface area contributed by atoms with Crippen LogP contribution >= 0.6 is 23.2 Å². The summed E-state index contributed by atoms with van der Waals surface area (Å²) in [6, 6.07) is 13.7. The van der Waals surface area contributed by atoms with Crippen molar-refractivity contribution in [2.24, 2.45) is 0 Å². The van der Waals surface area contributed by atoms with Crippen LogP contribution in [0.15, 0.2) is 54.6 Å². The third-order valence-electron chi connectivity index (χ3n) is 4.12. The molecule has 34 heavy (non-hydrogen) atoms. The molecule has 0 aliphatic carbocycles. The van der Waals surface area contributed by atoms with Crippen LogP contribution in [0.1, 0.15) is 17.4 Å². The Morgan fingerprint density at radius 3 is 2.18 bits per heavy atom. The quantitative estimate of drug-likeness (QED) is 0.197. The van der Waals surface area contributed by atoms with E-state index in [1.54, 1.807) is 24.3 Å². The van der Waals surface area contributed by atoms with Gasteiger partial charge < -0.3 is 9.84 Å². The summed E-state index contributed by atoms with van der Waals surface area (Å²) in [7, 11) is 1.50. The Labute approximate surface area is 207 Å². The number of carbonyl (C=O) groups excluding carboxylic acids is 1. The van der Waals surface area contributed by atoms with E-state index in [1.807, 2.05) is 0 Å². The van der Waals surface area contributed by atoms with E-state index in [4.69, 9.17) is 42.4 Å². The second kappa shape index (κ2) is 12.0. The monoisotopic (exact) mass is 572 g/mol. The van der Waals surface area contributed by atoms with Gasteiger partial charge in [0.2, 0.25) is 0 Å². The summed E-state index contributed by atoms with van der Waals surface area (Å²) in [5.74, 6) is -0.917. The van der Waals surface area contributed by atoms with Crippen molar-refractivity contribution in [3.05, 3.63) is 70.3 Å². The maximum absolute atomic E-state index is 11.2. The molecule has 0 aliphatic rings. The molecular formula is C21H19AsCl2N2O8. The van der Waals surface area contributed by atoms with Crippen LogP contribution in [0, 0.1) is 0 Å². The maximum Gasteiger partial charge on any atom is 0.356 e. The van der Waals surface area contributed by atoms with E-state index in [-0.39, 0.29) is 21.0 Å². The molecule has 0 fully saturated rings. The average Bonchev–Trinajstić information content (AvgIpc) is 2.80. The maximum atomic E-state index is 11.2. The van der Waals surface area contributed by atoms with E-state index in [9.17, 15) is 13.3 Å². The number of carbonyl (C=O) groups is 2. The summed E-state index contributed by atoms with van der Waals surface area (Å²) in [5, 5.41) is 20.3.